The van der Waals surface area contributed by atoms with Crippen LogP contribution in [0.3, 0.4) is 0 Å². The fourth-order valence-electron chi connectivity index (χ4n) is 2.12. The zero-order valence-electron chi connectivity index (χ0n) is 8.42. The van der Waals surface area contributed by atoms with Gasteiger partial charge in [-0.3, -0.25) is 0 Å². The zero-order chi connectivity index (χ0) is 8.97. The minimum atomic E-state index is 0.442. The Balaban J connectivity index is 2.29. The molecule has 0 spiro atoms. The van der Waals surface area contributed by atoms with Gasteiger partial charge in [-0.15, -0.1) is 0 Å². The van der Waals surface area contributed by atoms with Gasteiger partial charge < -0.3 is 10.6 Å². The van der Waals surface area contributed by atoms with Crippen molar-refractivity contribution in [1.29, 1.82) is 0 Å². The molecule has 1 aliphatic heterocycles. The van der Waals surface area contributed by atoms with Crippen LogP contribution in [0.2, 0.25) is 0 Å². The van der Waals surface area contributed by atoms with E-state index in [1.807, 2.05) is 0 Å². The van der Waals surface area contributed by atoms with E-state index in [4.69, 9.17) is 5.73 Å². The van der Waals surface area contributed by atoms with Gasteiger partial charge >= 0.3 is 0 Å². The molecule has 0 aromatic rings. The van der Waals surface area contributed by atoms with Crippen molar-refractivity contribution in [2.45, 2.75) is 38.6 Å². The average Bonchev–Trinajstić information content (AvgIpc) is 2.05. The third-order valence-electron chi connectivity index (χ3n) is 2.89. The Morgan fingerprint density at radius 3 is 2.92 bits per heavy atom. The molecular formula is C10H22N2. The number of likely N-dealkylation sites (tertiary alicyclic amines) is 1. The average molecular weight is 170 g/mol. The van der Waals surface area contributed by atoms with Crippen molar-refractivity contribution in [1.82, 2.24) is 4.90 Å². The topological polar surface area (TPSA) is 29.3 Å². The third kappa shape index (κ3) is 2.76. The molecule has 1 aliphatic rings. The van der Waals surface area contributed by atoms with Gasteiger partial charge in [0.25, 0.3) is 0 Å². The van der Waals surface area contributed by atoms with Crippen molar-refractivity contribution >= 4 is 0 Å². The fourth-order valence-corrected chi connectivity index (χ4v) is 2.12. The molecular weight excluding hydrogens is 148 g/mol. The van der Waals surface area contributed by atoms with Crippen LogP contribution in [0.5, 0.6) is 0 Å². The Bertz CT molecular complexity index is 125. The largest absolute Gasteiger partial charge is 0.327 e. The van der Waals surface area contributed by atoms with Gasteiger partial charge in [-0.05, 0) is 38.8 Å². The lowest BCUT2D eigenvalue weighted by Gasteiger charge is -2.33. The summed E-state index contributed by atoms with van der Waals surface area (Å²) in [5, 5.41) is 0. The summed E-state index contributed by atoms with van der Waals surface area (Å²) in [6.45, 7) is 4.68. The van der Waals surface area contributed by atoms with E-state index >= 15 is 0 Å². The number of piperidine rings is 1. The van der Waals surface area contributed by atoms with Crippen LogP contribution in [0.25, 0.3) is 0 Å². The molecule has 2 heteroatoms. The first-order valence-electron chi connectivity index (χ1n) is 5.18. The molecule has 12 heavy (non-hydrogen) atoms. The van der Waals surface area contributed by atoms with Crippen molar-refractivity contribution in [3.05, 3.63) is 0 Å². The highest BCUT2D eigenvalue weighted by molar-refractivity contribution is 4.79. The van der Waals surface area contributed by atoms with Crippen LogP contribution in [0.4, 0.5) is 0 Å². The highest BCUT2D eigenvalue weighted by Crippen LogP contribution is 2.19. The summed E-state index contributed by atoms with van der Waals surface area (Å²) in [7, 11) is 2.20. The zero-order valence-corrected chi connectivity index (χ0v) is 8.42. The molecule has 0 aromatic carbocycles. The maximum absolute atomic E-state index is 6.09. The highest BCUT2D eigenvalue weighted by Gasteiger charge is 2.22. The molecule has 2 N–H and O–H groups in total. The van der Waals surface area contributed by atoms with Crippen LogP contribution in [0.1, 0.15) is 32.6 Å². The van der Waals surface area contributed by atoms with Crippen molar-refractivity contribution < 1.29 is 0 Å². The summed E-state index contributed by atoms with van der Waals surface area (Å²) in [5.41, 5.74) is 6.09. The second-order valence-electron chi connectivity index (χ2n) is 4.12. The number of hydrogen-bond acceptors (Lipinski definition) is 2. The van der Waals surface area contributed by atoms with Gasteiger partial charge in [-0.25, -0.2) is 0 Å². The number of nitrogens with two attached hydrogens (primary N) is 1. The lowest BCUT2D eigenvalue weighted by molar-refractivity contribution is 0.184. The summed E-state index contributed by atoms with van der Waals surface area (Å²) < 4.78 is 0. The van der Waals surface area contributed by atoms with Crippen LogP contribution in [0, 0.1) is 5.92 Å². The van der Waals surface area contributed by atoms with E-state index in [0.717, 1.165) is 5.92 Å². The van der Waals surface area contributed by atoms with Crippen LogP contribution >= 0.6 is 0 Å². The Kier molecular flexibility index (Phi) is 4.02. The monoisotopic (exact) mass is 170 g/mol. The van der Waals surface area contributed by atoms with E-state index in [-0.39, 0.29) is 0 Å². The molecule has 0 amide bonds. The molecule has 0 bridgehead atoms. The summed E-state index contributed by atoms with van der Waals surface area (Å²) in [6, 6.07) is 0.442. The van der Waals surface area contributed by atoms with Crippen LogP contribution in [0.15, 0.2) is 0 Å². The molecule has 2 atom stereocenters. The normalized spacial score (nSPS) is 28.8. The lowest BCUT2D eigenvalue weighted by Crippen LogP contribution is -2.41. The SMILES string of the molecule is CCCC(N)C1CCCN(C)C1. The van der Waals surface area contributed by atoms with E-state index < -0.39 is 0 Å². The van der Waals surface area contributed by atoms with Crippen LogP contribution in [-0.2, 0) is 0 Å². The second kappa shape index (κ2) is 4.83. The van der Waals surface area contributed by atoms with Gasteiger partial charge in [0, 0.05) is 12.6 Å². The van der Waals surface area contributed by atoms with Crippen molar-refractivity contribution in [3.8, 4) is 0 Å². The molecule has 1 rings (SSSR count). The summed E-state index contributed by atoms with van der Waals surface area (Å²) in [4.78, 5) is 2.41. The van der Waals surface area contributed by atoms with Gasteiger partial charge in [0.1, 0.15) is 0 Å². The molecule has 0 aromatic heterocycles. The minimum absolute atomic E-state index is 0.442. The van der Waals surface area contributed by atoms with Gasteiger partial charge in [0.2, 0.25) is 0 Å². The Hall–Kier alpha value is -0.0800. The van der Waals surface area contributed by atoms with E-state index in [0.29, 0.717) is 6.04 Å². The Morgan fingerprint density at radius 2 is 2.33 bits per heavy atom. The third-order valence-corrected chi connectivity index (χ3v) is 2.89. The molecule has 0 saturated carbocycles. The van der Waals surface area contributed by atoms with E-state index in [9.17, 15) is 0 Å². The quantitative estimate of drug-likeness (QED) is 0.694. The first-order chi connectivity index (χ1) is 5.74. The van der Waals surface area contributed by atoms with E-state index in [1.54, 1.807) is 0 Å². The van der Waals surface area contributed by atoms with Gasteiger partial charge in [-0.1, -0.05) is 13.3 Å². The van der Waals surface area contributed by atoms with Gasteiger partial charge in [0.05, 0.1) is 0 Å². The molecule has 0 aliphatic carbocycles. The summed E-state index contributed by atoms with van der Waals surface area (Å²) >= 11 is 0. The van der Waals surface area contributed by atoms with E-state index in [1.165, 1.54) is 38.8 Å². The Morgan fingerprint density at radius 1 is 1.58 bits per heavy atom. The lowest BCUT2D eigenvalue weighted by atomic mass is 9.89. The van der Waals surface area contributed by atoms with Crippen molar-refractivity contribution in [2.75, 3.05) is 20.1 Å². The van der Waals surface area contributed by atoms with Crippen molar-refractivity contribution in [2.24, 2.45) is 11.7 Å². The number of rotatable bonds is 3. The first-order valence-corrected chi connectivity index (χ1v) is 5.18. The molecule has 72 valence electrons. The Labute approximate surface area is 76.1 Å². The smallest absolute Gasteiger partial charge is 0.00792 e. The second-order valence-corrected chi connectivity index (χ2v) is 4.12. The summed E-state index contributed by atoms with van der Waals surface area (Å²) in [5.74, 6) is 0.753. The van der Waals surface area contributed by atoms with Gasteiger partial charge in [0.15, 0.2) is 0 Å². The standard InChI is InChI=1S/C10H22N2/c1-3-5-10(11)9-6-4-7-12(2)8-9/h9-10H,3-8,11H2,1-2H3. The molecule has 2 nitrogen and oxygen atoms in total. The van der Waals surface area contributed by atoms with E-state index in [2.05, 4.69) is 18.9 Å². The highest BCUT2D eigenvalue weighted by atomic mass is 15.1. The maximum Gasteiger partial charge on any atom is 0.00792 e. The molecule has 1 heterocycles. The molecule has 2 unspecified atom stereocenters. The van der Waals surface area contributed by atoms with Crippen molar-refractivity contribution in [3.63, 3.8) is 0 Å². The van der Waals surface area contributed by atoms with Crippen LogP contribution < -0.4 is 5.73 Å². The number of nitrogens with zero attached hydrogens (tertiary/aromatic N) is 1. The predicted molar refractivity (Wildman–Crippen MR) is 53.1 cm³/mol. The molecule has 1 saturated heterocycles. The first kappa shape index (κ1) is 10.0. The maximum atomic E-state index is 6.09. The minimum Gasteiger partial charge on any atom is -0.327 e. The summed E-state index contributed by atoms with van der Waals surface area (Å²) in [6.07, 6.45) is 5.09. The fraction of sp³-hybridized carbons (Fsp3) is 1.00. The molecule has 0 radical (unpaired) electrons. The molecule has 1 fully saturated rings. The van der Waals surface area contributed by atoms with Crippen LogP contribution in [-0.4, -0.2) is 31.1 Å². The number of hydrogen-bond donors (Lipinski definition) is 1. The predicted octanol–water partition coefficient (Wildman–Crippen LogP) is 1.46. The van der Waals surface area contributed by atoms with Gasteiger partial charge in [-0.2, -0.15) is 0 Å².